The molecular weight excluding hydrogens is 258 g/mol. The fourth-order valence-corrected chi connectivity index (χ4v) is 3.63. The molecule has 1 heterocycles. The largest absolute Gasteiger partial charge is 0.250 e. The molecule has 78 valence electrons. The first-order valence-corrected chi connectivity index (χ1v) is 7.18. The van der Waals surface area contributed by atoms with Crippen molar-refractivity contribution >= 4 is 27.3 Å². The van der Waals surface area contributed by atoms with Gasteiger partial charge >= 0.3 is 0 Å². The zero-order valence-electron chi connectivity index (χ0n) is 8.29. The summed E-state index contributed by atoms with van der Waals surface area (Å²) in [7, 11) is 0. The van der Waals surface area contributed by atoms with Gasteiger partial charge in [-0.2, -0.15) is 0 Å². The van der Waals surface area contributed by atoms with Crippen molar-refractivity contribution in [1.29, 1.82) is 0 Å². The van der Waals surface area contributed by atoms with Gasteiger partial charge in [0.15, 0.2) is 0 Å². The van der Waals surface area contributed by atoms with Gasteiger partial charge in [0.05, 0.1) is 5.01 Å². The molecule has 2 rings (SSSR count). The predicted octanol–water partition coefficient (Wildman–Crippen LogP) is 4.03. The Morgan fingerprint density at radius 1 is 1.36 bits per heavy atom. The van der Waals surface area contributed by atoms with E-state index in [-0.39, 0.29) is 0 Å². The van der Waals surface area contributed by atoms with Crippen LogP contribution in [-0.2, 0) is 6.42 Å². The summed E-state index contributed by atoms with van der Waals surface area (Å²) in [5, 5.41) is 3.39. The van der Waals surface area contributed by atoms with Crippen molar-refractivity contribution in [2.45, 2.75) is 43.4 Å². The average Bonchev–Trinajstić information content (AvgIpc) is 2.60. The molecule has 0 bridgehead atoms. The highest BCUT2D eigenvalue weighted by molar-refractivity contribution is 9.09. The van der Waals surface area contributed by atoms with Crippen LogP contribution in [0.15, 0.2) is 11.6 Å². The van der Waals surface area contributed by atoms with Crippen molar-refractivity contribution in [3.63, 3.8) is 0 Å². The minimum Gasteiger partial charge on any atom is -0.250 e. The first-order chi connectivity index (χ1) is 6.86. The highest BCUT2D eigenvalue weighted by Gasteiger charge is 2.22. The van der Waals surface area contributed by atoms with E-state index in [1.165, 1.54) is 43.5 Å². The quantitative estimate of drug-likeness (QED) is 0.586. The van der Waals surface area contributed by atoms with E-state index in [4.69, 9.17) is 0 Å². The summed E-state index contributed by atoms with van der Waals surface area (Å²) >= 11 is 5.62. The molecule has 1 aromatic rings. The monoisotopic (exact) mass is 273 g/mol. The van der Waals surface area contributed by atoms with E-state index < -0.39 is 0 Å². The van der Waals surface area contributed by atoms with E-state index in [0.717, 1.165) is 5.92 Å². The molecule has 1 aliphatic carbocycles. The smallest absolute Gasteiger partial charge is 0.0927 e. The number of aromatic nitrogens is 1. The maximum Gasteiger partial charge on any atom is 0.0927 e. The first-order valence-electron chi connectivity index (χ1n) is 5.38. The van der Waals surface area contributed by atoms with E-state index >= 15 is 0 Å². The normalized spacial score (nSPS) is 28.6. The Kier molecular flexibility index (Phi) is 3.99. The summed E-state index contributed by atoms with van der Waals surface area (Å²) in [5.74, 6) is 0.809. The second-order valence-corrected chi connectivity index (χ2v) is 6.20. The Morgan fingerprint density at radius 2 is 2.21 bits per heavy atom. The molecule has 0 N–H and O–H groups in total. The number of hydrogen-bond acceptors (Lipinski definition) is 2. The van der Waals surface area contributed by atoms with Crippen molar-refractivity contribution < 1.29 is 0 Å². The van der Waals surface area contributed by atoms with Crippen LogP contribution in [0.5, 0.6) is 0 Å². The standard InChI is InChI=1S/C11H16BrNS/c12-10-5-3-1-2-4-9(10)8-11-13-6-7-14-11/h6-7,9-10H,1-5,8H2. The van der Waals surface area contributed by atoms with Crippen molar-refractivity contribution in [1.82, 2.24) is 4.98 Å². The molecule has 0 aromatic carbocycles. The number of hydrogen-bond donors (Lipinski definition) is 0. The number of nitrogens with zero attached hydrogens (tertiary/aromatic N) is 1. The molecule has 1 fully saturated rings. The van der Waals surface area contributed by atoms with Crippen molar-refractivity contribution in [3.05, 3.63) is 16.6 Å². The van der Waals surface area contributed by atoms with Crippen LogP contribution in [0.1, 0.15) is 37.1 Å². The number of halogens is 1. The van der Waals surface area contributed by atoms with Crippen LogP contribution in [0.2, 0.25) is 0 Å². The fourth-order valence-electron chi connectivity index (χ4n) is 2.15. The Morgan fingerprint density at radius 3 is 3.00 bits per heavy atom. The zero-order chi connectivity index (χ0) is 9.80. The topological polar surface area (TPSA) is 12.9 Å². The maximum absolute atomic E-state index is 4.37. The third-order valence-electron chi connectivity index (χ3n) is 2.99. The van der Waals surface area contributed by atoms with Gasteiger partial charge in [0.1, 0.15) is 0 Å². The predicted molar refractivity (Wildman–Crippen MR) is 65.1 cm³/mol. The van der Waals surface area contributed by atoms with Gasteiger partial charge in [-0.25, -0.2) is 4.98 Å². The highest BCUT2D eigenvalue weighted by Crippen LogP contribution is 2.31. The summed E-state index contributed by atoms with van der Waals surface area (Å²) in [6.45, 7) is 0. The molecule has 1 aliphatic rings. The Hall–Kier alpha value is 0.110. The van der Waals surface area contributed by atoms with E-state index in [2.05, 4.69) is 26.3 Å². The zero-order valence-corrected chi connectivity index (χ0v) is 10.7. The molecule has 2 atom stereocenters. The van der Waals surface area contributed by atoms with Crippen molar-refractivity contribution in [2.24, 2.45) is 5.92 Å². The van der Waals surface area contributed by atoms with Gasteiger partial charge in [0, 0.05) is 22.8 Å². The summed E-state index contributed by atoms with van der Waals surface area (Å²) in [5.41, 5.74) is 0. The Balaban J connectivity index is 1.94. The lowest BCUT2D eigenvalue weighted by atomic mass is 9.97. The molecule has 1 aromatic heterocycles. The number of rotatable bonds is 2. The van der Waals surface area contributed by atoms with Crippen LogP contribution in [0.25, 0.3) is 0 Å². The molecule has 0 spiro atoms. The van der Waals surface area contributed by atoms with Gasteiger partial charge in [-0.3, -0.25) is 0 Å². The van der Waals surface area contributed by atoms with Crippen LogP contribution >= 0.6 is 27.3 Å². The number of thiazole rings is 1. The first kappa shape index (κ1) is 10.6. The van der Waals surface area contributed by atoms with Crippen LogP contribution < -0.4 is 0 Å². The summed E-state index contributed by atoms with van der Waals surface area (Å²) in [6, 6.07) is 0. The van der Waals surface area contributed by atoms with Gasteiger partial charge in [0.25, 0.3) is 0 Å². The molecule has 1 saturated carbocycles. The molecule has 0 amide bonds. The van der Waals surface area contributed by atoms with Gasteiger partial charge in [-0.1, -0.05) is 35.2 Å². The molecule has 0 saturated heterocycles. The molecule has 1 nitrogen and oxygen atoms in total. The highest BCUT2D eigenvalue weighted by atomic mass is 79.9. The Labute approximate surface area is 98.1 Å². The van der Waals surface area contributed by atoms with E-state index in [0.29, 0.717) is 4.83 Å². The summed E-state index contributed by atoms with van der Waals surface area (Å²) in [4.78, 5) is 5.09. The van der Waals surface area contributed by atoms with E-state index in [1.54, 1.807) is 11.3 Å². The third-order valence-corrected chi connectivity index (χ3v) is 4.99. The van der Waals surface area contributed by atoms with Crippen LogP contribution in [0.3, 0.4) is 0 Å². The second kappa shape index (κ2) is 5.26. The minimum atomic E-state index is 0.717. The molecule has 0 radical (unpaired) electrons. The summed E-state index contributed by atoms with van der Waals surface area (Å²) in [6.07, 6.45) is 10.0. The van der Waals surface area contributed by atoms with Gasteiger partial charge in [-0.15, -0.1) is 11.3 Å². The fraction of sp³-hybridized carbons (Fsp3) is 0.727. The van der Waals surface area contributed by atoms with Gasteiger partial charge in [-0.05, 0) is 18.8 Å². The number of alkyl halides is 1. The lowest BCUT2D eigenvalue weighted by molar-refractivity contribution is 0.474. The molecule has 14 heavy (non-hydrogen) atoms. The minimum absolute atomic E-state index is 0.717. The average molecular weight is 274 g/mol. The van der Waals surface area contributed by atoms with Gasteiger partial charge < -0.3 is 0 Å². The van der Waals surface area contributed by atoms with Crippen LogP contribution in [0, 0.1) is 5.92 Å². The molecular formula is C11H16BrNS. The maximum atomic E-state index is 4.37. The SMILES string of the molecule is BrC1CCCCCC1Cc1nccs1. The molecule has 0 aliphatic heterocycles. The van der Waals surface area contributed by atoms with E-state index in [1.807, 2.05) is 6.20 Å². The second-order valence-electron chi connectivity index (χ2n) is 4.04. The summed E-state index contributed by atoms with van der Waals surface area (Å²) < 4.78 is 0. The van der Waals surface area contributed by atoms with Crippen LogP contribution in [-0.4, -0.2) is 9.81 Å². The molecule has 3 heteroatoms. The lowest BCUT2D eigenvalue weighted by Gasteiger charge is -2.18. The van der Waals surface area contributed by atoms with Crippen LogP contribution in [0.4, 0.5) is 0 Å². The van der Waals surface area contributed by atoms with E-state index in [9.17, 15) is 0 Å². The van der Waals surface area contributed by atoms with Crippen molar-refractivity contribution in [2.75, 3.05) is 0 Å². The molecule has 2 unspecified atom stereocenters. The van der Waals surface area contributed by atoms with Gasteiger partial charge in [0.2, 0.25) is 0 Å². The lowest BCUT2D eigenvalue weighted by Crippen LogP contribution is -2.15. The van der Waals surface area contributed by atoms with Crippen molar-refractivity contribution in [3.8, 4) is 0 Å². The Bertz CT molecular complexity index is 260. The third kappa shape index (κ3) is 2.80.